The van der Waals surface area contributed by atoms with Crippen LogP contribution < -0.4 is 15.2 Å². The number of anilines is 1. The van der Waals surface area contributed by atoms with Crippen molar-refractivity contribution in [2.75, 3.05) is 26.5 Å². The molecule has 2 N–H and O–H groups in total. The Balaban J connectivity index is 2.16. The summed E-state index contributed by atoms with van der Waals surface area (Å²) in [6.45, 7) is 2.28. The molecule has 0 aliphatic carbocycles. The number of benzene rings is 2. The Labute approximate surface area is 142 Å². The molecule has 0 aromatic heterocycles. The van der Waals surface area contributed by atoms with Gasteiger partial charge in [0.25, 0.3) is 0 Å². The van der Waals surface area contributed by atoms with E-state index >= 15 is 0 Å². The van der Waals surface area contributed by atoms with Gasteiger partial charge in [0.15, 0.2) is 11.5 Å². The van der Waals surface area contributed by atoms with Gasteiger partial charge in [0.2, 0.25) is 5.91 Å². The summed E-state index contributed by atoms with van der Waals surface area (Å²) in [5, 5.41) is 0. The monoisotopic (exact) mass is 326 g/mol. The molecule has 1 heterocycles. The third-order valence-corrected chi connectivity index (χ3v) is 4.53. The summed E-state index contributed by atoms with van der Waals surface area (Å²) >= 11 is 0. The zero-order valence-electron chi connectivity index (χ0n) is 14.2. The molecule has 0 spiro atoms. The van der Waals surface area contributed by atoms with Crippen molar-refractivity contribution in [1.82, 2.24) is 4.90 Å². The Bertz CT molecular complexity index is 756. The molecule has 1 atom stereocenters. The molecule has 1 amide bonds. The van der Waals surface area contributed by atoms with Gasteiger partial charge in [-0.2, -0.15) is 0 Å². The van der Waals surface area contributed by atoms with Gasteiger partial charge in [0.05, 0.1) is 20.3 Å². The number of carbonyl (C=O) groups is 1. The number of nitrogen functional groups attached to an aromatic ring is 1. The van der Waals surface area contributed by atoms with E-state index in [9.17, 15) is 4.79 Å². The van der Waals surface area contributed by atoms with Crippen LogP contribution in [0.3, 0.4) is 0 Å². The zero-order valence-corrected chi connectivity index (χ0v) is 14.2. The molecule has 2 aromatic carbocycles. The van der Waals surface area contributed by atoms with Gasteiger partial charge >= 0.3 is 0 Å². The minimum atomic E-state index is -0.147. The highest BCUT2D eigenvalue weighted by Crippen LogP contribution is 2.41. The van der Waals surface area contributed by atoms with Crippen molar-refractivity contribution in [3.63, 3.8) is 0 Å². The van der Waals surface area contributed by atoms with Crippen LogP contribution in [0.2, 0.25) is 0 Å². The first-order chi connectivity index (χ1) is 11.5. The van der Waals surface area contributed by atoms with Gasteiger partial charge in [-0.25, -0.2) is 0 Å². The maximum atomic E-state index is 12.2. The summed E-state index contributed by atoms with van der Waals surface area (Å²) in [6, 6.07) is 11.5. The van der Waals surface area contributed by atoms with Crippen molar-refractivity contribution in [3.8, 4) is 11.5 Å². The Hall–Kier alpha value is -2.69. The minimum absolute atomic E-state index is 0.0530. The number of rotatable bonds is 3. The highest BCUT2D eigenvalue weighted by Gasteiger charge is 2.31. The number of hydrogen-bond acceptors (Lipinski definition) is 4. The first kappa shape index (κ1) is 16.2. The fourth-order valence-corrected chi connectivity index (χ4v) is 3.32. The smallest absolute Gasteiger partial charge is 0.220 e. The molecule has 126 valence electrons. The third kappa shape index (κ3) is 2.77. The number of nitrogens with zero attached hydrogens (tertiary/aromatic N) is 1. The minimum Gasteiger partial charge on any atom is -0.493 e. The quantitative estimate of drug-likeness (QED) is 0.881. The maximum Gasteiger partial charge on any atom is 0.220 e. The summed E-state index contributed by atoms with van der Waals surface area (Å²) in [7, 11) is 3.25. The number of methoxy groups -OCH3 is 2. The Morgan fingerprint density at radius 1 is 1.12 bits per heavy atom. The van der Waals surface area contributed by atoms with Gasteiger partial charge < -0.3 is 20.1 Å². The predicted octanol–water partition coefficient (Wildman–Crippen LogP) is 2.78. The van der Waals surface area contributed by atoms with E-state index < -0.39 is 0 Å². The van der Waals surface area contributed by atoms with E-state index in [4.69, 9.17) is 15.2 Å². The average Bonchev–Trinajstić information content (AvgIpc) is 2.60. The summed E-state index contributed by atoms with van der Waals surface area (Å²) in [5.41, 5.74) is 9.79. The van der Waals surface area contributed by atoms with E-state index in [-0.39, 0.29) is 11.9 Å². The Morgan fingerprint density at radius 2 is 1.75 bits per heavy atom. The molecule has 1 unspecified atom stereocenters. The van der Waals surface area contributed by atoms with E-state index in [0.29, 0.717) is 23.7 Å². The number of hydrogen-bond donors (Lipinski definition) is 1. The molecule has 0 saturated heterocycles. The van der Waals surface area contributed by atoms with Crippen molar-refractivity contribution in [2.45, 2.75) is 19.4 Å². The number of ether oxygens (including phenoxy) is 2. The van der Waals surface area contributed by atoms with Crippen LogP contribution in [0.1, 0.15) is 29.7 Å². The molecule has 0 fully saturated rings. The normalized spacial score (nSPS) is 16.5. The van der Waals surface area contributed by atoms with Crippen molar-refractivity contribution < 1.29 is 14.3 Å². The van der Waals surface area contributed by atoms with Crippen LogP contribution in [-0.4, -0.2) is 31.6 Å². The molecule has 0 bridgehead atoms. The number of amides is 1. The molecule has 2 aromatic rings. The summed E-state index contributed by atoms with van der Waals surface area (Å²) in [4.78, 5) is 14.1. The zero-order chi connectivity index (χ0) is 17.3. The molecule has 3 rings (SSSR count). The van der Waals surface area contributed by atoms with Crippen molar-refractivity contribution in [2.24, 2.45) is 0 Å². The summed E-state index contributed by atoms with van der Waals surface area (Å²) in [6.07, 6.45) is 0.792. The fraction of sp³-hybridized carbons (Fsp3) is 0.316. The predicted molar refractivity (Wildman–Crippen MR) is 93.3 cm³/mol. The van der Waals surface area contributed by atoms with Crippen LogP contribution in [-0.2, 0) is 11.2 Å². The summed E-state index contributed by atoms with van der Waals surface area (Å²) in [5.74, 6) is 1.43. The molecule has 0 saturated carbocycles. The van der Waals surface area contributed by atoms with Crippen LogP contribution in [0.25, 0.3) is 0 Å². The van der Waals surface area contributed by atoms with Crippen molar-refractivity contribution >= 4 is 11.6 Å². The van der Waals surface area contributed by atoms with E-state index in [1.807, 2.05) is 41.3 Å². The van der Waals surface area contributed by atoms with Crippen molar-refractivity contribution in [3.05, 3.63) is 53.1 Å². The fourth-order valence-electron chi connectivity index (χ4n) is 3.32. The lowest BCUT2D eigenvalue weighted by atomic mass is 9.87. The van der Waals surface area contributed by atoms with Gasteiger partial charge in [-0.1, -0.05) is 12.1 Å². The largest absolute Gasteiger partial charge is 0.493 e. The topological polar surface area (TPSA) is 64.8 Å². The van der Waals surface area contributed by atoms with E-state index in [1.54, 1.807) is 21.1 Å². The number of fused-ring (bicyclic) bond motifs is 1. The number of carbonyl (C=O) groups excluding carboxylic acids is 1. The van der Waals surface area contributed by atoms with Gasteiger partial charge in [-0.05, 0) is 47.4 Å². The van der Waals surface area contributed by atoms with E-state index in [2.05, 4.69) is 0 Å². The second kappa shape index (κ2) is 6.43. The molecular formula is C19H22N2O3. The summed E-state index contributed by atoms with van der Waals surface area (Å²) < 4.78 is 10.9. The molecule has 5 heteroatoms. The van der Waals surface area contributed by atoms with Crippen LogP contribution in [0.5, 0.6) is 11.5 Å². The van der Waals surface area contributed by atoms with Gasteiger partial charge in [0, 0.05) is 19.2 Å². The molecule has 0 radical (unpaired) electrons. The van der Waals surface area contributed by atoms with Gasteiger partial charge in [-0.15, -0.1) is 0 Å². The van der Waals surface area contributed by atoms with Crippen molar-refractivity contribution in [1.29, 1.82) is 0 Å². The molecule has 1 aliphatic heterocycles. The lowest BCUT2D eigenvalue weighted by molar-refractivity contribution is -0.130. The van der Waals surface area contributed by atoms with Crippen LogP contribution in [0, 0.1) is 0 Å². The highest BCUT2D eigenvalue weighted by atomic mass is 16.5. The Morgan fingerprint density at radius 3 is 2.33 bits per heavy atom. The maximum absolute atomic E-state index is 12.2. The molecular weight excluding hydrogens is 304 g/mol. The first-order valence-electron chi connectivity index (χ1n) is 7.92. The van der Waals surface area contributed by atoms with E-state index in [0.717, 1.165) is 17.5 Å². The average molecular weight is 326 g/mol. The van der Waals surface area contributed by atoms with Crippen LogP contribution >= 0.6 is 0 Å². The molecule has 24 heavy (non-hydrogen) atoms. The Kier molecular flexibility index (Phi) is 4.34. The standard InChI is InChI=1S/C19H22N2O3/c1-12(22)21-9-8-14-10-17(23-2)18(24-3)11-16(14)19(21)13-4-6-15(20)7-5-13/h4-7,10-11,19H,8-9,20H2,1-3H3. The lowest BCUT2D eigenvalue weighted by Gasteiger charge is -2.37. The third-order valence-electron chi connectivity index (χ3n) is 4.53. The second-order valence-electron chi connectivity index (χ2n) is 5.94. The molecule has 5 nitrogen and oxygen atoms in total. The number of nitrogens with two attached hydrogens (primary N) is 1. The lowest BCUT2D eigenvalue weighted by Crippen LogP contribution is -2.39. The highest BCUT2D eigenvalue weighted by molar-refractivity contribution is 5.75. The molecule has 1 aliphatic rings. The van der Waals surface area contributed by atoms with Crippen LogP contribution in [0.15, 0.2) is 36.4 Å². The first-order valence-corrected chi connectivity index (χ1v) is 7.92. The van der Waals surface area contributed by atoms with E-state index in [1.165, 1.54) is 5.56 Å². The van der Waals surface area contributed by atoms with Gasteiger partial charge in [-0.3, -0.25) is 4.79 Å². The van der Waals surface area contributed by atoms with Crippen LogP contribution in [0.4, 0.5) is 5.69 Å². The second-order valence-corrected chi connectivity index (χ2v) is 5.94. The van der Waals surface area contributed by atoms with Gasteiger partial charge in [0.1, 0.15) is 0 Å². The SMILES string of the molecule is COc1cc2c(cc1OC)C(c1ccc(N)cc1)N(C(C)=O)CC2.